The molecule has 0 aromatic heterocycles. The van der Waals surface area contributed by atoms with Gasteiger partial charge in [0.2, 0.25) is 6.41 Å². The second-order valence-corrected chi connectivity index (χ2v) is 6.95. The average Bonchev–Trinajstić information content (AvgIpc) is 2.74. The summed E-state index contributed by atoms with van der Waals surface area (Å²) in [4.78, 5) is 10.6. The van der Waals surface area contributed by atoms with Crippen LogP contribution in [0.3, 0.4) is 0 Å². The van der Waals surface area contributed by atoms with Crippen LogP contribution < -0.4 is 10.6 Å². The van der Waals surface area contributed by atoms with Gasteiger partial charge in [-0.05, 0) is 53.1 Å². The molecule has 7 heteroatoms. The Morgan fingerprint density at radius 3 is 1.83 bits per heavy atom. The molecule has 0 fully saturated rings. The van der Waals surface area contributed by atoms with Crippen molar-refractivity contribution in [2.24, 2.45) is 0 Å². The third-order valence-corrected chi connectivity index (χ3v) is 4.90. The maximum Gasteiger partial charge on any atom is 0.211 e. The van der Waals surface area contributed by atoms with Crippen LogP contribution in [0.5, 0.6) is 17.2 Å². The van der Waals surface area contributed by atoms with Crippen molar-refractivity contribution in [2.75, 3.05) is 18.4 Å². The smallest absolute Gasteiger partial charge is 0.211 e. The van der Waals surface area contributed by atoms with E-state index in [2.05, 4.69) is 10.6 Å². The number of nitrogens with one attached hydrogen (secondary N) is 2. The second-order valence-electron chi connectivity index (χ2n) is 6.95. The van der Waals surface area contributed by atoms with E-state index in [-0.39, 0.29) is 35.4 Å². The van der Waals surface area contributed by atoms with Crippen LogP contribution in [0.2, 0.25) is 0 Å². The molecule has 0 aliphatic rings. The largest absolute Gasteiger partial charge is 0.508 e. The van der Waals surface area contributed by atoms with Crippen LogP contribution in [0, 0.1) is 0 Å². The third-order valence-electron chi connectivity index (χ3n) is 4.90. The number of amides is 1. The number of carbonyl (C=O) groups excluding carboxylic acids is 1. The van der Waals surface area contributed by atoms with Gasteiger partial charge in [0.25, 0.3) is 0 Å². The number of rotatable bonds is 9. The number of carbonyl (C=O) groups is 1. The molecule has 0 aliphatic heterocycles. The molecule has 3 aromatic carbocycles. The van der Waals surface area contributed by atoms with Crippen LogP contribution in [0.4, 0.5) is 5.69 Å². The van der Waals surface area contributed by atoms with Crippen molar-refractivity contribution < 1.29 is 25.2 Å². The topological polar surface area (TPSA) is 122 Å². The number of aliphatic hydroxyl groups excluding tert-OH is 1. The highest BCUT2D eigenvalue weighted by Crippen LogP contribution is 2.28. The van der Waals surface area contributed by atoms with Crippen molar-refractivity contribution in [3.05, 3.63) is 83.4 Å². The lowest BCUT2D eigenvalue weighted by atomic mass is 9.91. The monoisotopic (exact) mass is 408 g/mol. The van der Waals surface area contributed by atoms with Gasteiger partial charge < -0.3 is 31.1 Å². The molecule has 3 aromatic rings. The van der Waals surface area contributed by atoms with Gasteiger partial charge in [-0.25, -0.2) is 0 Å². The van der Waals surface area contributed by atoms with Crippen LogP contribution in [-0.2, 0) is 4.79 Å². The van der Waals surface area contributed by atoms with Gasteiger partial charge in [-0.2, -0.15) is 0 Å². The molecule has 0 saturated heterocycles. The molecule has 0 heterocycles. The number of aromatic hydroxyl groups is 3. The molecule has 0 saturated carbocycles. The Hall–Kier alpha value is -3.55. The molecule has 7 nitrogen and oxygen atoms in total. The normalized spacial score (nSPS) is 11.9. The number of benzene rings is 3. The zero-order chi connectivity index (χ0) is 21.5. The minimum atomic E-state index is -0.849. The number of phenols is 3. The van der Waals surface area contributed by atoms with Gasteiger partial charge in [0.1, 0.15) is 17.2 Å². The molecule has 6 N–H and O–H groups in total. The van der Waals surface area contributed by atoms with Gasteiger partial charge >= 0.3 is 0 Å². The van der Waals surface area contributed by atoms with Crippen molar-refractivity contribution in [2.45, 2.75) is 12.0 Å². The van der Waals surface area contributed by atoms with Gasteiger partial charge in [-0.15, -0.1) is 0 Å². The van der Waals surface area contributed by atoms with E-state index >= 15 is 0 Å². The minimum absolute atomic E-state index is 0.0643. The lowest BCUT2D eigenvalue weighted by Crippen LogP contribution is -2.27. The molecular formula is C23H24N2O5. The van der Waals surface area contributed by atoms with Crippen LogP contribution in [0.25, 0.3) is 0 Å². The number of hydrogen-bond donors (Lipinski definition) is 6. The van der Waals surface area contributed by atoms with Gasteiger partial charge in [0.05, 0.1) is 11.8 Å². The Labute approximate surface area is 174 Å². The fraction of sp³-hybridized carbons (Fsp3) is 0.174. The first-order valence-electron chi connectivity index (χ1n) is 9.47. The van der Waals surface area contributed by atoms with E-state index in [1.54, 1.807) is 30.3 Å². The van der Waals surface area contributed by atoms with Gasteiger partial charge in [-0.1, -0.05) is 30.3 Å². The number of anilines is 1. The zero-order valence-electron chi connectivity index (χ0n) is 16.2. The molecule has 0 radical (unpaired) electrons. The summed E-state index contributed by atoms with van der Waals surface area (Å²) in [7, 11) is 0. The number of hydrogen-bond acceptors (Lipinski definition) is 6. The summed E-state index contributed by atoms with van der Waals surface area (Å²) in [6.07, 6.45) is -0.387. The van der Waals surface area contributed by atoms with Gasteiger partial charge in [0.15, 0.2) is 0 Å². The van der Waals surface area contributed by atoms with Crippen LogP contribution in [-0.4, -0.2) is 39.9 Å². The fourth-order valence-corrected chi connectivity index (χ4v) is 3.26. The van der Waals surface area contributed by atoms with E-state index in [4.69, 9.17) is 0 Å². The van der Waals surface area contributed by atoms with Crippen molar-refractivity contribution in [3.8, 4) is 17.2 Å². The highest BCUT2D eigenvalue weighted by atomic mass is 16.3. The molecular weight excluding hydrogens is 384 g/mol. The van der Waals surface area contributed by atoms with Gasteiger partial charge in [0, 0.05) is 19.0 Å². The molecule has 3 rings (SSSR count). The molecule has 0 aliphatic carbocycles. The van der Waals surface area contributed by atoms with E-state index in [0.29, 0.717) is 18.5 Å². The molecule has 30 heavy (non-hydrogen) atoms. The van der Waals surface area contributed by atoms with Crippen LogP contribution in [0.15, 0.2) is 66.7 Å². The van der Waals surface area contributed by atoms with E-state index in [1.807, 2.05) is 24.3 Å². The van der Waals surface area contributed by atoms with E-state index < -0.39 is 6.10 Å². The Morgan fingerprint density at radius 1 is 0.767 bits per heavy atom. The van der Waals surface area contributed by atoms with E-state index in [1.165, 1.54) is 12.1 Å². The Kier molecular flexibility index (Phi) is 6.90. The molecule has 1 amide bonds. The molecule has 1 atom stereocenters. The first-order valence-corrected chi connectivity index (χ1v) is 9.47. The van der Waals surface area contributed by atoms with Gasteiger partial charge in [-0.3, -0.25) is 4.79 Å². The lowest BCUT2D eigenvalue weighted by molar-refractivity contribution is -0.105. The van der Waals surface area contributed by atoms with E-state index in [0.717, 1.165) is 11.1 Å². The van der Waals surface area contributed by atoms with Crippen molar-refractivity contribution >= 4 is 12.1 Å². The average molecular weight is 408 g/mol. The molecule has 0 spiro atoms. The fourth-order valence-electron chi connectivity index (χ4n) is 3.26. The summed E-state index contributed by atoms with van der Waals surface area (Å²) in [6.45, 7) is 0.752. The SMILES string of the molecule is O=CNc1cc([C@@H](O)CNCC(c2ccc(O)cc2)c2ccc(O)cc2)ccc1O. The van der Waals surface area contributed by atoms with Crippen molar-refractivity contribution in [3.63, 3.8) is 0 Å². The first-order chi connectivity index (χ1) is 14.5. The van der Waals surface area contributed by atoms with E-state index in [9.17, 15) is 25.2 Å². The van der Waals surface area contributed by atoms with Crippen molar-refractivity contribution in [1.29, 1.82) is 0 Å². The molecule has 0 unspecified atom stereocenters. The summed E-state index contributed by atoms with van der Waals surface area (Å²) in [5.41, 5.74) is 2.73. The predicted octanol–water partition coefficient (Wildman–Crippen LogP) is 2.83. The summed E-state index contributed by atoms with van der Waals surface area (Å²) >= 11 is 0. The molecule has 0 bridgehead atoms. The minimum Gasteiger partial charge on any atom is -0.508 e. The van der Waals surface area contributed by atoms with Crippen molar-refractivity contribution in [1.82, 2.24) is 5.32 Å². The third kappa shape index (κ3) is 5.28. The summed E-state index contributed by atoms with van der Waals surface area (Å²) in [5, 5.41) is 45.0. The summed E-state index contributed by atoms with van der Waals surface area (Å²) in [5.74, 6) is 0.216. The first kappa shape index (κ1) is 21.2. The standard InChI is InChI=1S/C23H24N2O5/c26-14-25-21-11-17(5-10-22(21)29)23(30)13-24-12-20(15-1-6-18(27)7-2-15)16-3-8-19(28)9-4-16/h1-11,14,20,23-24,27-30H,12-13H2,(H,25,26)/t23-/m0/s1. The Bertz CT molecular complexity index is 928. The van der Waals surface area contributed by atoms with Crippen LogP contribution in [0.1, 0.15) is 28.7 Å². The van der Waals surface area contributed by atoms with Crippen LogP contribution >= 0.6 is 0 Å². The Morgan fingerprint density at radius 2 is 1.30 bits per heavy atom. The summed E-state index contributed by atoms with van der Waals surface area (Å²) in [6, 6.07) is 18.4. The lowest BCUT2D eigenvalue weighted by Gasteiger charge is -2.21. The number of aliphatic hydroxyl groups is 1. The summed E-state index contributed by atoms with van der Waals surface area (Å²) < 4.78 is 0. The maximum absolute atomic E-state index is 10.6. The maximum atomic E-state index is 10.6. The second kappa shape index (κ2) is 9.78. The predicted molar refractivity (Wildman–Crippen MR) is 114 cm³/mol. The highest BCUT2D eigenvalue weighted by Gasteiger charge is 2.16. The zero-order valence-corrected chi connectivity index (χ0v) is 16.2. The Balaban J connectivity index is 1.71. The molecule has 156 valence electrons. The number of phenolic OH excluding ortho intramolecular Hbond substituents is 3. The quantitative estimate of drug-likeness (QED) is 0.239. The highest BCUT2D eigenvalue weighted by molar-refractivity contribution is 5.75.